The van der Waals surface area contributed by atoms with Crippen molar-refractivity contribution in [3.63, 3.8) is 0 Å². The molecule has 0 amide bonds. The molecule has 0 aliphatic heterocycles. The van der Waals surface area contributed by atoms with E-state index in [4.69, 9.17) is 0 Å². The molecule has 0 radical (unpaired) electrons. The molecule has 0 bridgehead atoms. The summed E-state index contributed by atoms with van der Waals surface area (Å²) in [7, 11) is 2.09. The maximum atomic E-state index is 3.59. The first-order valence-corrected chi connectivity index (χ1v) is 7.93. The molecule has 1 aromatic carbocycles. The highest BCUT2D eigenvalue weighted by Gasteiger charge is 2.20. The minimum absolute atomic E-state index is 0.505. The van der Waals surface area contributed by atoms with Crippen molar-refractivity contribution in [3.05, 3.63) is 33.8 Å². The van der Waals surface area contributed by atoms with E-state index in [0.29, 0.717) is 6.04 Å². The molecule has 18 heavy (non-hydrogen) atoms. The van der Waals surface area contributed by atoms with Crippen LogP contribution in [0.3, 0.4) is 0 Å². The van der Waals surface area contributed by atoms with E-state index in [0.717, 1.165) is 5.92 Å². The van der Waals surface area contributed by atoms with Crippen LogP contribution in [0.15, 0.2) is 22.7 Å². The molecule has 100 valence electrons. The molecule has 1 aromatic rings. The number of nitrogens with one attached hydrogen (secondary N) is 1. The normalized spacial score (nSPS) is 18.8. The third-order valence-electron chi connectivity index (χ3n) is 4.26. The van der Waals surface area contributed by atoms with Gasteiger partial charge in [0.25, 0.3) is 0 Å². The molecule has 1 aliphatic carbocycles. The van der Waals surface area contributed by atoms with Crippen molar-refractivity contribution in [3.8, 4) is 0 Å². The Morgan fingerprint density at radius 2 is 2.00 bits per heavy atom. The Morgan fingerprint density at radius 1 is 1.28 bits per heavy atom. The van der Waals surface area contributed by atoms with Crippen molar-refractivity contribution < 1.29 is 0 Å². The van der Waals surface area contributed by atoms with Gasteiger partial charge in [-0.25, -0.2) is 0 Å². The monoisotopic (exact) mass is 309 g/mol. The van der Waals surface area contributed by atoms with Gasteiger partial charge in [-0.05, 0) is 49.6 Å². The minimum atomic E-state index is 0.505. The first kappa shape index (κ1) is 14.1. The van der Waals surface area contributed by atoms with Gasteiger partial charge in [0.15, 0.2) is 0 Å². The van der Waals surface area contributed by atoms with E-state index in [9.17, 15) is 0 Å². The summed E-state index contributed by atoms with van der Waals surface area (Å²) in [5.74, 6) is 0.912. The van der Waals surface area contributed by atoms with Gasteiger partial charge in [-0.1, -0.05) is 54.1 Å². The van der Waals surface area contributed by atoms with Gasteiger partial charge in [0, 0.05) is 10.5 Å². The molecule has 1 N–H and O–H groups in total. The maximum Gasteiger partial charge on any atom is 0.0323 e. The first-order valence-electron chi connectivity index (χ1n) is 7.14. The van der Waals surface area contributed by atoms with Gasteiger partial charge in [-0.3, -0.25) is 0 Å². The number of hydrogen-bond donors (Lipinski definition) is 1. The number of aryl methyl sites for hydroxylation is 1. The molecule has 0 aromatic heterocycles. The molecule has 1 saturated carbocycles. The molecular weight excluding hydrogens is 286 g/mol. The van der Waals surface area contributed by atoms with E-state index in [-0.39, 0.29) is 0 Å². The fourth-order valence-corrected chi connectivity index (χ4v) is 3.52. The lowest BCUT2D eigenvalue weighted by Crippen LogP contribution is -2.22. The molecule has 1 fully saturated rings. The molecule has 1 aliphatic rings. The van der Waals surface area contributed by atoms with Crippen LogP contribution in [0, 0.1) is 12.8 Å². The van der Waals surface area contributed by atoms with E-state index in [2.05, 4.69) is 53.4 Å². The molecule has 0 heterocycles. The Hall–Kier alpha value is -0.340. The van der Waals surface area contributed by atoms with Crippen LogP contribution >= 0.6 is 15.9 Å². The van der Waals surface area contributed by atoms with Crippen molar-refractivity contribution in [2.75, 3.05) is 7.05 Å². The Bertz CT molecular complexity index is 383. The molecule has 1 atom stereocenters. The van der Waals surface area contributed by atoms with Crippen molar-refractivity contribution in [1.82, 2.24) is 5.32 Å². The molecule has 0 saturated heterocycles. The smallest absolute Gasteiger partial charge is 0.0323 e. The fraction of sp³-hybridized carbons (Fsp3) is 0.625. The van der Waals surface area contributed by atoms with Gasteiger partial charge in [0.2, 0.25) is 0 Å². The lowest BCUT2D eigenvalue weighted by atomic mass is 9.83. The van der Waals surface area contributed by atoms with Crippen molar-refractivity contribution in [1.29, 1.82) is 0 Å². The summed E-state index contributed by atoms with van der Waals surface area (Å²) < 4.78 is 1.19. The highest BCUT2D eigenvalue weighted by molar-refractivity contribution is 9.10. The van der Waals surface area contributed by atoms with Crippen LogP contribution < -0.4 is 5.32 Å². The SMILES string of the molecule is CNC(CC1CCCCC1)c1cc(Br)ccc1C. The standard InChI is InChI=1S/C16H24BrN/c1-12-8-9-14(17)11-15(12)16(18-2)10-13-6-4-3-5-7-13/h8-9,11,13,16,18H,3-7,10H2,1-2H3. The molecule has 1 nitrogen and oxygen atoms in total. The number of hydrogen-bond acceptors (Lipinski definition) is 1. The second kappa shape index (κ2) is 6.72. The van der Waals surface area contributed by atoms with Crippen molar-refractivity contribution in [2.24, 2.45) is 5.92 Å². The van der Waals surface area contributed by atoms with Gasteiger partial charge in [-0.15, -0.1) is 0 Å². The lowest BCUT2D eigenvalue weighted by molar-refractivity contribution is 0.305. The molecule has 2 rings (SSSR count). The average Bonchev–Trinajstić information content (AvgIpc) is 2.40. The second-order valence-corrected chi connectivity index (χ2v) is 6.50. The van der Waals surface area contributed by atoms with E-state index >= 15 is 0 Å². The third kappa shape index (κ3) is 3.58. The summed E-state index contributed by atoms with van der Waals surface area (Å²) in [6.07, 6.45) is 8.43. The third-order valence-corrected chi connectivity index (χ3v) is 4.75. The minimum Gasteiger partial charge on any atom is -0.313 e. The molecular formula is C16H24BrN. The quantitative estimate of drug-likeness (QED) is 0.826. The van der Waals surface area contributed by atoms with Crippen LogP contribution in [0.1, 0.15) is 55.7 Å². The van der Waals surface area contributed by atoms with Crippen molar-refractivity contribution >= 4 is 15.9 Å². The van der Waals surface area contributed by atoms with Gasteiger partial charge in [-0.2, -0.15) is 0 Å². The summed E-state index contributed by atoms with van der Waals surface area (Å²) in [4.78, 5) is 0. The zero-order chi connectivity index (χ0) is 13.0. The Morgan fingerprint density at radius 3 is 2.67 bits per heavy atom. The van der Waals surface area contributed by atoms with Crippen molar-refractivity contribution in [2.45, 2.75) is 51.5 Å². The lowest BCUT2D eigenvalue weighted by Gasteiger charge is -2.27. The van der Waals surface area contributed by atoms with Crippen LogP contribution in [0.25, 0.3) is 0 Å². The summed E-state index contributed by atoms with van der Waals surface area (Å²) in [6, 6.07) is 7.13. The Balaban J connectivity index is 2.09. The summed E-state index contributed by atoms with van der Waals surface area (Å²) in [5.41, 5.74) is 2.85. The van der Waals surface area contributed by atoms with E-state index in [1.807, 2.05) is 0 Å². The van der Waals surface area contributed by atoms with Crippen LogP contribution in [0.5, 0.6) is 0 Å². The Labute approximate surface area is 119 Å². The van der Waals surface area contributed by atoms with Gasteiger partial charge < -0.3 is 5.32 Å². The molecule has 0 spiro atoms. The van der Waals surface area contributed by atoms with Crippen LogP contribution in [0.2, 0.25) is 0 Å². The fourth-order valence-electron chi connectivity index (χ4n) is 3.14. The summed E-state index contributed by atoms with van der Waals surface area (Å²) in [6.45, 7) is 2.22. The maximum absolute atomic E-state index is 3.59. The summed E-state index contributed by atoms with van der Waals surface area (Å²) in [5, 5.41) is 3.51. The Kier molecular flexibility index (Phi) is 5.25. The topological polar surface area (TPSA) is 12.0 Å². The highest BCUT2D eigenvalue weighted by Crippen LogP contribution is 2.33. The van der Waals surface area contributed by atoms with Gasteiger partial charge in [0.05, 0.1) is 0 Å². The van der Waals surface area contributed by atoms with E-state index in [1.165, 1.54) is 54.1 Å². The molecule has 2 heteroatoms. The zero-order valence-electron chi connectivity index (χ0n) is 11.5. The van der Waals surface area contributed by atoms with Crippen LogP contribution in [-0.2, 0) is 0 Å². The largest absolute Gasteiger partial charge is 0.313 e. The average molecular weight is 310 g/mol. The van der Waals surface area contributed by atoms with E-state index in [1.54, 1.807) is 0 Å². The summed E-state index contributed by atoms with van der Waals surface area (Å²) >= 11 is 3.59. The van der Waals surface area contributed by atoms with Gasteiger partial charge >= 0.3 is 0 Å². The number of halogens is 1. The van der Waals surface area contributed by atoms with Crippen LogP contribution in [-0.4, -0.2) is 7.05 Å². The highest BCUT2D eigenvalue weighted by atomic mass is 79.9. The van der Waals surface area contributed by atoms with Gasteiger partial charge in [0.1, 0.15) is 0 Å². The molecule has 1 unspecified atom stereocenters. The van der Waals surface area contributed by atoms with E-state index < -0.39 is 0 Å². The number of benzene rings is 1. The number of rotatable bonds is 4. The predicted molar refractivity (Wildman–Crippen MR) is 81.9 cm³/mol. The second-order valence-electron chi connectivity index (χ2n) is 5.58. The van der Waals surface area contributed by atoms with Crippen LogP contribution in [0.4, 0.5) is 0 Å². The first-order chi connectivity index (χ1) is 8.70. The zero-order valence-corrected chi connectivity index (χ0v) is 13.1. The predicted octanol–water partition coefficient (Wildman–Crippen LogP) is 4.99.